The van der Waals surface area contributed by atoms with Crippen molar-refractivity contribution in [3.05, 3.63) is 81.9 Å². The quantitative estimate of drug-likeness (QED) is 0.536. The van der Waals surface area contributed by atoms with E-state index in [1.54, 1.807) is 50.8 Å². The maximum atomic E-state index is 12.7. The summed E-state index contributed by atoms with van der Waals surface area (Å²) in [5.41, 5.74) is 1.49. The Hall–Kier alpha value is -2.96. The highest BCUT2D eigenvalue weighted by Crippen LogP contribution is 2.29. The summed E-state index contributed by atoms with van der Waals surface area (Å²) in [4.78, 5) is 17.1. The van der Waals surface area contributed by atoms with Crippen molar-refractivity contribution in [2.75, 3.05) is 14.2 Å². The van der Waals surface area contributed by atoms with Crippen LogP contribution in [0.15, 0.2) is 54.9 Å². The lowest BCUT2D eigenvalue weighted by atomic mass is 10.0. The summed E-state index contributed by atoms with van der Waals surface area (Å²) < 4.78 is 12.6. The number of aryl methyl sites for hydroxylation is 1. The summed E-state index contributed by atoms with van der Waals surface area (Å²) in [7, 11) is 5.01. The summed E-state index contributed by atoms with van der Waals surface area (Å²) in [6.45, 7) is 0. The third kappa shape index (κ3) is 5.34. The number of carbonyl (C=O) groups excluding carboxylic acids is 1. The third-order valence-corrected chi connectivity index (χ3v) is 4.86. The first-order chi connectivity index (χ1) is 14.4. The lowest BCUT2D eigenvalue weighted by Crippen LogP contribution is -2.29. The van der Waals surface area contributed by atoms with E-state index in [4.69, 9.17) is 32.7 Å². The van der Waals surface area contributed by atoms with Gasteiger partial charge in [0.2, 0.25) is 5.91 Å². The number of imidazole rings is 1. The minimum Gasteiger partial charge on any atom is -0.497 e. The Labute approximate surface area is 185 Å². The van der Waals surface area contributed by atoms with Gasteiger partial charge < -0.3 is 19.4 Å². The maximum absolute atomic E-state index is 12.7. The number of amides is 1. The molecule has 6 nitrogen and oxygen atoms in total. The summed E-state index contributed by atoms with van der Waals surface area (Å²) >= 11 is 12.0. The molecule has 0 fully saturated rings. The molecule has 0 aliphatic heterocycles. The highest BCUT2D eigenvalue weighted by Gasteiger charge is 2.21. The van der Waals surface area contributed by atoms with Crippen molar-refractivity contribution in [3.63, 3.8) is 0 Å². The van der Waals surface area contributed by atoms with Gasteiger partial charge in [-0.25, -0.2) is 4.98 Å². The number of benzene rings is 2. The third-order valence-electron chi connectivity index (χ3n) is 4.42. The van der Waals surface area contributed by atoms with Crippen LogP contribution in [0.3, 0.4) is 0 Å². The van der Waals surface area contributed by atoms with E-state index in [1.807, 2.05) is 29.9 Å². The molecule has 156 valence electrons. The topological polar surface area (TPSA) is 65.4 Å². The summed E-state index contributed by atoms with van der Waals surface area (Å²) in [5.74, 6) is 1.59. The van der Waals surface area contributed by atoms with Crippen LogP contribution in [0.1, 0.15) is 23.0 Å². The Morgan fingerprint density at radius 1 is 1.07 bits per heavy atom. The van der Waals surface area contributed by atoms with Crippen molar-refractivity contribution in [1.82, 2.24) is 14.9 Å². The molecule has 8 heteroatoms. The molecule has 3 rings (SSSR count). The molecule has 2 aromatic carbocycles. The van der Waals surface area contributed by atoms with Crippen molar-refractivity contribution in [2.45, 2.75) is 6.04 Å². The average Bonchev–Trinajstić information content (AvgIpc) is 3.14. The summed E-state index contributed by atoms with van der Waals surface area (Å²) in [6.07, 6.45) is 6.56. The molecular weight excluding hydrogens is 425 g/mol. The van der Waals surface area contributed by atoms with E-state index in [0.29, 0.717) is 27.4 Å². The fourth-order valence-electron chi connectivity index (χ4n) is 2.98. The maximum Gasteiger partial charge on any atom is 0.244 e. The molecule has 1 N–H and O–H groups in total. The van der Waals surface area contributed by atoms with Crippen LogP contribution in [0.5, 0.6) is 11.5 Å². The molecule has 1 atom stereocenters. The predicted molar refractivity (Wildman–Crippen MR) is 118 cm³/mol. The Morgan fingerprint density at radius 3 is 2.23 bits per heavy atom. The predicted octanol–water partition coefficient (Wildman–Crippen LogP) is 4.66. The molecule has 0 spiro atoms. The van der Waals surface area contributed by atoms with Crippen LogP contribution in [0.4, 0.5) is 0 Å². The number of aromatic nitrogens is 2. The zero-order chi connectivity index (χ0) is 21.7. The lowest BCUT2D eigenvalue weighted by Gasteiger charge is -2.20. The number of rotatable bonds is 7. The zero-order valence-corrected chi connectivity index (χ0v) is 18.2. The molecule has 0 radical (unpaired) electrons. The van der Waals surface area contributed by atoms with Crippen LogP contribution in [-0.4, -0.2) is 29.7 Å². The van der Waals surface area contributed by atoms with E-state index >= 15 is 0 Å². The van der Waals surface area contributed by atoms with E-state index in [1.165, 1.54) is 6.08 Å². The van der Waals surface area contributed by atoms with Crippen LogP contribution < -0.4 is 14.8 Å². The Bertz CT molecular complexity index is 1040. The average molecular weight is 446 g/mol. The van der Waals surface area contributed by atoms with Gasteiger partial charge in [0.15, 0.2) is 0 Å². The van der Waals surface area contributed by atoms with Gasteiger partial charge in [-0.15, -0.1) is 0 Å². The molecule has 0 bridgehead atoms. The molecule has 1 amide bonds. The molecular formula is C22H21Cl2N3O3. The molecule has 1 heterocycles. The number of nitrogens with zero attached hydrogens (tertiary/aromatic N) is 2. The van der Waals surface area contributed by atoms with Gasteiger partial charge in [0, 0.05) is 41.6 Å². The van der Waals surface area contributed by atoms with Crippen LogP contribution in [0.2, 0.25) is 10.0 Å². The fourth-order valence-corrected chi connectivity index (χ4v) is 3.52. The number of hydrogen-bond acceptors (Lipinski definition) is 4. The van der Waals surface area contributed by atoms with Crippen LogP contribution >= 0.6 is 23.2 Å². The van der Waals surface area contributed by atoms with Crippen LogP contribution in [0, 0.1) is 0 Å². The largest absolute Gasteiger partial charge is 0.497 e. The molecule has 1 aromatic heterocycles. The molecule has 30 heavy (non-hydrogen) atoms. The second-order valence-electron chi connectivity index (χ2n) is 6.52. The second kappa shape index (κ2) is 9.69. The highest BCUT2D eigenvalue weighted by molar-refractivity contribution is 6.34. The highest BCUT2D eigenvalue weighted by atomic mass is 35.5. The van der Waals surface area contributed by atoms with Gasteiger partial charge >= 0.3 is 0 Å². The van der Waals surface area contributed by atoms with Crippen molar-refractivity contribution in [1.29, 1.82) is 0 Å². The van der Waals surface area contributed by atoms with Gasteiger partial charge in [0.1, 0.15) is 23.4 Å². The first-order valence-corrected chi connectivity index (χ1v) is 9.80. The van der Waals surface area contributed by atoms with Gasteiger partial charge in [-0.3, -0.25) is 4.79 Å². The van der Waals surface area contributed by atoms with Gasteiger partial charge in [0.25, 0.3) is 0 Å². The molecule has 1 unspecified atom stereocenters. The van der Waals surface area contributed by atoms with Crippen molar-refractivity contribution < 1.29 is 14.3 Å². The van der Waals surface area contributed by atoms with E-state index in [-0.39, 0.29) is 5.91 Å². The minimum absolute atomic E-state index is 0.305. The van der Waals surface area contributed by atoms with Crippen molar-refractivity contribution >= 4 is 35.2 Å². The smallest absolute Gasteiger partial charge is 0.244 e. The number of methoxy groups -OCH3 is 2. The SMILES string of the molecule is COc1cc(OC)cc(C(NC(=O)/C=C/c2cc(Cl)cc(Cl)c2)c2nccn2C)c1. The second-order valence-corrected chi connectivity index (χ2v) is 7.39. The van der Waals surface area contributed by atoms with Gasteiger partial charge in [-0.05, 0) is 47.5 Å². The van der Waals surface area contributed by atoms with Crippen LogP contribution in [-0.2, 0) is 11.8 Å². The standard InChI is InChI=1S/C22H21Cl2N3O3/c1-27-7-6-25-22(27)21(15-10-18(29-2)13-19(11-15)30-3)26-20(28)5-4-14-8-16(23)12-17(24)9-14/h4-13,21H,1-3H3,(H,26,28)/b5-4+. The fraction of sp³-hybridized carbons (Fsp3) is 0.182. The molecule has 3 aromatic rings. The van der Waals surface area contributed by atoms with Gasteiger partial charge in [-0.2, -0.15) is 0 Å². The monoisotopic (exact) mass is 445 g/mol. The van der Waals surface area contributed by atoms with Gasteiger partial charge in [-0.1, -0.05) is 23.2 Å². The first-order valence-electron chi connectivity index (χ1n) is 9.04. The number of carbonyl (C=O) groups is 1. The van der Waals surface area contributed by atoms with Gasteiger partial charge in [0.05, 0.1) is 14.2 Å². The number of nitrogens with one attached hydrogen (secondary N) is 1. The normalized spacial score (nSPS) is 12.0. The van der Waals surface area contributed by atoms with E-state index in [2.05, 4.69) is 10.3 Å². The Morgan fingerprint density at radius 2 is 1.70 bits per heavy atom. The molecule has 0 aliphatic carbocycles. The van der Waals surface area contributed by atoms with E-state index < -0.39 is 6.04 Å². The van der Waals surface area contributed by atoms with Crippen molar-refractivity contribution in [3.8, 4) is 11.5 Å². The number of hydrogen-bond donors (Lipinski definition) is 1. The summed E-state index contributed by atoms with van der Waals surface area (Å²) in [5, 5.41) is 3.99. The molecule has 0 saturated heterocycles. The first kappa shape index (κ1) is 21.7. The number of ether oxygens (including phenoxy) is 2. The lowest BCUT2D eigenvalue weighted by molar-refractivity contribution is -0.117. The minimum atomic E-state index is -0.519. The number of halogens is 2. The molecule has 0 aliphatic rings. The summed E-state index contributed by atoms with van der Waals surface area (Å²) in [6, 6.07) is 10.00. The van der Waals surface area contributed by atoms with E-state index in [0.717, 1.165) is 11.1 Å². The van der Waals surface area contributed by atoms with E-state index in [9.17, 15) is 4.79 Å². The Kier molecular flexibility index (Phi) is 7.03. The van der Waals surface area contributed by atoms with Crippen molar-refractivity contribution in [2.24, 2.45) is 7.05 Å². The molecule has 0 saturated carbocycles. The zero-order valence-electron chi connectivity index (χ0n) is 16.7. The van der Waals surface area contributed by atoms with Crippen LogP contribution in [0.25, 0.3) is 6.08 Å². The Balaban J connectivity index is 1.91.